The molecule has 62 valence electrons. The molecule has 0 amide bonds. The van der Waals surface area contributed by atoms with Crippen LogP contribution in [0.5, 0.6) is 0 Å². The van der Waals surface area contributed by atoms with Crippen LogP contribution in [0.15, 0.2) is 17.5 Å². The summed E-state index contributed by atoms with van der Waals surface area (Å²) in [6, 6.07) is -0.912. The molecule has 0 aromatic carbocycles. The monoisotopic (exact) mass is 158 g/mol. The Bertz CT molecular complexity index is 179. The molecule has 1 atom stereocenters. The van der Waals surface area contributed by atoms with Gasteiger partial charge in [0.15, 0.2) is 6.04 Å². The SMILES string of the molecule is C=C(NOC)C(=O)C(C)N=O. The lowest BCUT2D eigenvalue weighted by atomic mass is 10.2. The smallest absolute Gasteiger partial charge is 0.208 e. The Kier molecular flexibility index (Phi) is 4.05. The molecule has 0 saturated heterocycles. The number of nitrogens with one attached hydrogen (secondary N) is 1. The lowest BCUT2D eigenvalue weighted by Crippen LogP contribution is -2.25. The Balaban J connectivity index is 4.02. The van der Waals surface area contributed by atoms with E-state index in [0.717, 1.165) is 0 Å². The molecule has 5 heteroatoms. The molecule has 0 fully saturated rings. The normalized spacial score (nSPS) is 11.8. The maximum atomic E-state index is 10.9. The Morgan fingerprint density at radius 2 is 2.27 bits per heavy atom. The lowest BCUT2D eigenvalue weighted by molar-refractivity contribution is -0.117. The van der Waals surface area contributed by atoms with Gasteiger partial charge in [0.1, 0.15) is 0 Å². The fourth-order valence-corrected chi connectivity index (χ4v) is 0.474. The molecule has 0 aliphatic heterocycles. The van der Waals surface area contributed by atoms with Gasteiger partial charge in [-0.2, -0.15) is 4.91 Å². The average Bonchev–Trinajstić information content (AvgIpc) is 2.02. The highest BCUT2D eigenvalue weighted by Gasteiger charge is 2.15. The summed E-state index contributed by atoms with van der Waals surface area (Å²) >= 11 is 0. The van der Waals surface area contributed by atoms with E-state index in [9.17, 15) is 9.70 Å². The first-order valence-electron chi connectivity index (χ1n) is 2.98. The van der Waals surface area contributed by atoms with Gasteiger partial charge in [0.25, 0.3) is 0 Å². The molecule has 0 saturated carbocycles. The molecule has 0 radical (unpaired) electrons. The van der Waals surface area contributed by atoms with E-state index in [2.05, 4.69) is 22.1 Å². The molecule has 0 aromatic heterocycles. The van der Waals surface area contributed by atoms with Gasteiger partial charge < -0.3 is 0 Å². The second-order valence-corrected chi connectivity index (χ2v) is 1.93. The van der Waals surface area contributed by atoms with Crippen LogP contribution in [0.1, 0.15) is 6.92 Å². The predicted octanol–water partition coefficient (Wildman–Crippen LogP) is 0.375. The molecule has 0 aliphatic carbocycles. The van der Waals surface area contributed by atoms with Crippen molar-refractivity contribution in [1.82, 2.24) is 5.48 Å². The van der Waals surface area contributed by atoms with Crippen molar-refractivity contribution in [2.45, 2.75) is 13.0 Å². The number of Topliss-reactive ketones (excluding diaryl/α,β-unsaturated/α-hetero) is 1. The largest absolute Gasteiger partial charge is 0.290 e. The van der Waals surface area contributed by atoms with Crippen LogP contribution in [0.25, 0.3) is 0 Å². The number of rotatable bonds is 5. The van der Waals surface area contributed by atoms with Crippen molar-refractivity contribution in [3.05, 3.63) is 17.2 Å². The van der Waals surface area contributed by atoms with Crippen molar-refractivity contribution in [1.29, 1.82) is 0 Å². The van der Waals surface area contributed by atoms with Crippen LogP contribution < -0.4 is 5.48 Å². The number of hydroxylamine groups is 1. The number of carbonyl (C=O) groups is 1. The molecule has 11 heavy (non-hydrogen) atoms. The molecule has 1 unspecified atom stereocenters. The summed E-state index contributed by atoms with van der Waals surface area (Å²) in [5.74, 6) is -0.471. The first-order valence-corrected chi connectivity index (χ1v) is 2.98. The van der Waals surface area contributed by atoms with Gasteiger partial charge in [0.05, 0.1) is 12.8 Å². The maximum absolute atomic E-state index is 10.9. The lowest BCUT2D eigenvalue weighted by Gasteiger charge is -2.05. The highest BCUT2D eigenvalue weighted by molar-refractivity contribution is 5.97. The van der Waals surface area contributed by atoms with Gasteiger partial charge in [0.2, 0.25) is 5.78 Å². The van der Waals surface area contributed by atoms with E-state index >= 15 is 0 Å². The van der Waals surface area contributed by atoms with Crippen molar-refractivity contribution in [3.8, 4) is 0 Å². The van der Waals surface area contributed by atoms with Crippen molar-refractivity contribution >= 4 is 5.78 Å². The minimum absolute atomic E-state index is 0.0274. The van der Waals surface area contributed by atoms with Gasteiger partial charge in [0, 0.05) is 0 Å². The van der Waals surface area contributed by atoms with Crippen LogP contribution >= 0.6 is 0 Å². The van der Waals surface area contributed by atoms with Crippen LogP contribution in [0.3, 0.4) is 0 Å². The van der Waals surface area contributed by atoms with Gasteiger partial charge in [-0.15, -0.1) is 0 Å². The third kappa shape index (κ3) is 2.90. The second kappa shape index (κ2) is 4.56. The molecule has 1 N–H and O–H groups in total. The Morgan fingerprint density at radius 3 is 2.64 bits per heavy atom. The van der Waals surface area contributed by atoms with Crippen LogP contribution in [0.2, 0.25) is 0 Å². The van der Waals surface area contributed by atoms with Crippen molar-refractivity contribution < 1.29 is 9.63 Å². The van der Waals surface area contributed by atoms with Gasteiger partial charge in [-0.3, -0.25) is 15.1 Å². The summed E-state index contributed by atoms with van der Waals surface area (Å²) in [7, 11) is 1.34. The van der Waals surface area contributed by atoms with Crippen LogP contribution in [-0.4, -0.2) is 18.9 Å². The van der Waals surface area contributed by atoms with Gasteiger partial charge in [-0.05, 0) is 6.92 Å². The number of carbonyl (C=O) groups excluding carboxylic acids is 1. The first kappa shape index (κ1) is 9.77. The Morgan fingerprint density at radius 1 is 1.73 bits per heavy atom. The van der Waals surface area contributed by atoms with E-state index in [4.69, 9.17) is 0 Å². The maximum Gasteiger partial charge on any atom is 0.208 e. The average molecular weight is 158 g/mol. The van der Waals surface area contributed by atoms with Crippen LogP contribution in [-0.2, 0) is 9.63 Å². The molecular formula is C6H10N2O3. The van der Waals surface area contributed by atoms with Gasteiger partial charge in [-0.25, -0.2) is 0 Å². The standard InChI is InChI=1S/C6H10N2O3/c1-4(7-10)6(9)5(2)8-11-3/h4,8H,2H2,1,3H3. The quantitative estimate of drug-likeness (QED) is 0.356. The molecule has 0 bridgehead atoms. The second-order valence-electron chi connectivity index (χ2n) is 1.93. The van der Waals surface area contributed by atoms with Crippen molar-refractivity contribution in [3.63, 3.8) is 0 Å². The number of nitroso groups, excluding NO2 is 1. The van der Waals surface area contributed by atoms with E-state index in [1.54, 1.807) is 0 Å². The third-order valence-corrected chi connectivity index (χ3v) is 1.06. The van der Waals surface area contributed by atoms with E-state index in [-0.39, 0.29) is 5.70 Å². The number of hydrogen-bond donors (Lipinski definition) is 1. The molecule has 0 spiro atoms. The molecule has 0 heterocycles. The molecule has 0 aliphatic rings. The summed E-state index contributed by atoms with van der Waals surface area (Å²) in [5.41, 5.74) is 2.24. The predicted molar refractivity (Wildman–Crippen MR) is 39.5 cm³/mol. The van der Waals surface area contributed by atoms with Gasteiger partial charge in [-0.1, -0.05) is 11.8 Å². The summed E-state index contributed by atoms with van der Waals surface area (Å²) in [6.07, 6.45) is 0. The van der Waals surface area contributed by atoms with Crippen molar-refractivity contribution in [2.75, 3.05) is 7.11 Å². The van der Waals surface area contributed by atoms with E-state index in [1.807, 2.05) is 0 Å². The Hall–Kier alpha value is -1.23. The highest BCUT2D eigenvalue weighted by atomic mass is 16.6. The van der Waals surface area contributed by atoms with E-state index in [0.29, 0.717) is 0 Å². The van der Waals surface area contributed by atoms with Crippen LogP contribution in [0.4, 0.5) is 0 Å². The van der Waals surface area contributed by atoms with Crippen molar-refractivity contribution in [2.24, 2.45) is 5.18 Å². The third-order valence-electron chi connectivity index (χ3n) is 1.06. The summed E-state index contributed by atoms with van der Waals surface area (Å²) in [6.45, 7) is 4.72. The number of ketones is 1. The van der Waals surface area contributed by atoms with Crippen LogP contribution in [0, 0.1) is 4.91 Å². The summed E-state index contributed by atoms with van der Waals surface area (Å²) in [4.78, 5) is 25.2. The van der Waals surface area contributed by atoms with Gasteiger partial charge >= 0.3 is 0 Å². The zero-order valence-corrected chi connectivity index (χ0v) is 6.46. The van der Waals surface area contributed by atoms with E-state index in [1.165, 1.54) is 14.0 Å². The van der Waals surface area contributed by atoms with E-state index < -0.39 is 11.8 Å². The Labute approximate surface area is 64.3 Å². The topological polar surface area (TPSA) is 67.8 Å². The molecule has 0 aromatic rings. The first-order chi connectivity index (χ1) is 5.13. The fraction of sp³-hybridized carbons (Fsp3) is 0.500. The molecule has 0 rings (SSSR count). The summed E-state index contributed by atoms with van der Waals surface area (Å²) < 4.78 is 0. The minimum atomic E-state index is -0.912. The molecule has 5 nitrogen and oxygen atoms in total. The fourth-order valence-electron chi connectivity index (χ4n) is 0.474. The summed E-state index contributed by atoms with van der Waals surface area (Å²) in [5, 5.41) is 2.54. The highest BCUT2D eigenvalue weighted by Crippen LogP contribution is 1.97. The zero-order chi connectivity index (χ0) is 8.85. The zero-order valence-electron chi connectivity index (χ0n) is 6.46. The number of hydrogen-bond acceptors (Lipinski definition) is 5. The number of nitrogens with zero attached hydrogens (tertiary/aromatic N) is 1. The molecular weight excluding hydrogens is 148 g/mol. The minimum Gasteiger partial charge on any atom is -0.290 e.